The number of aryl methyl sites for hydroxylation is 1. The van der Waals surface area contributed by atoms with E-state index in [1.54, 1.807) is 25.3 Å². The number of nitrogens with zero attached hydrogens (tertiary/aromatic N) is 4. The zero-order valence-corrected chi connectivity index (χ0v) is 23.7. The predicted octanol–water partition coefficient (Wildman–Crippen LogP) is 3.41. The molecule has 0 aliphatic carbocycles. The highest BCUT2D eigenvalue weighted by atomic mass is 35.5. The fraction of sp³-hybridized carbons (Fsp3) is 0.233. The second-order valence-corrected chi connectivity index (χ2v) is 10.2. The van der Waals surface area contributed by atoms with Gasteiger partial charge in [-0.2, -0.15) is 0 Å². The Hall–Kier alpha value is -4.90. The molecule has 11 nitrogen and oxygen atoms in total. The number of aromatic hydroxyl groups is 2. The number of nitrogens with one attached hydrogen (secondary N) is 2. The first-order chi connectivity index (χ1) is 20.2. The molecule has 3 aromatic carbocycles. The van der Waals surface area contributed by atoms with Crippen LogP contribution in [0.4, 0.5) is 0 Å². The van der Waals surface area contributed by atoms with E-state index in [-0.39, 0.29) is 49.2 Å². The molecule has 4 aromatic rings. The first-order valence-corrected chi connectivity index (χ1v) is 13.6. The molecule has 0 bridgehead atoms. The number of carbonyl (C=O) groups is 2. The van der Waals surface area contributed by atoms with E-state index in [9.17, 15) is 19.8 Å². The molecular weight excluding hydrogens is 560 g/mol. The van der Waals surface area contributed by atoms with E-state index in [0.29, 0.717) is 33.7 Å². The van der Waals surface area contributed by atoms with Crippen molar-refractivity contribution in [2.45, 2.75) is 25.8 Å². The number of aromatic nitrogens is 3. The molecule has 0 radical (unpaired) electrons. The summed E-state index contributed by atoms with van der Waals surface area (Å²) < 4.78 is 7.40. The summed E-state index contributed by atoms with van der Waals surface area (Å²) in [7, 11) is 1.60. The summed E-state index contributed by atoms with van der Waals surface area (Å²) in [6.45, 7) is 2.26. The number of fused-ring (bicyclic) bond motifs is 3. The van der Waals surface area contributed by atoms with Gasteiger partial charge in [0.25, 0.3) is 0 Å². The smallest absolute Gasteiger partial charge is 0.224 e. The van der Waals surface area contributed by atoms with Gasteiger partial charge in [0.1, 0.15) is 17.6 Å². The molecule has 4 N–H and O–H groups in total. The predicted molar refractivity (Wildman–Crippen MR) is 157 cm³/mol. The van der Waals surface area contributed by atoms with Crippen molar-refractivity contribution in [2.75, 3.05) is 20.2 Å². The molecule has 0 spiro atoms. The Morgan fingerprint density at radius 3 is 2.40 bits per heavy atom. The SMILES string of the molecule is COc1ccc2c(c1)C(c1ccc(Cl)cc1)=NC(CC(=O)NCCNC(=O)Cc1ccc(O)c(O)c1)c1nnc(C)n1-2. The molecule has 0 saturated heterocycles. The Morgan fingerprint density at radius 1 is 0.952 bits per heavy atom. The minimum absolute atomic E-state index is 0.00107. The lowest BCUT2D eigenvalue weighted by Gasteiger charge is -2.14. The van der Waals surface area contributed by atoms with Gasteiger partial charge >= 0.3 is 0 Å². The fourth-order valence-electron chi connectivity index (χ4n) is 4.76. The van der Waals surface area contributed by atoms with Crippen molar-refractivity contribution < 1.29 is 24.5 Å². The Labute approximate surface area is 246 Å². The molecule has 2 amide bonds. The normalized spacial score (nSPS) is 13.8. The maximum Gasteiger partial charge on any atom is 0.224 e. The van der Waals surface area contributed by atoms with Crippen molar-refractivity contribution in [3.05, 3.63) is 94.0 Å². The molecule has 12 heteroatoms. The quantitative estimate of drug-likeness (QED) is 0.173. The third kappa shape index (κ3) is 6.21. The van der Waals surface area contributed by atoms with Crippen LogP contribution >= 0.6 is 11.6 Å². The Bertz CT molecular complexity index is 1670. The third-order valence-corrected chi connectivity index (χ3v) is 7.05. The number of benzene rings is 3. The molecular formula is C30H29ClN6O5. The number of aliphatic imine (C=N–C) groups is 1. The maximum absolute atomic E-state index is 13.1. The molecule has 0 saturated carbocycles. The Balaban J connectivity index is 1.32. The number of ether oxygens (including phenoxy) is 1. The number of halogens is 1. The Kier molecular flexibility index (Phi) is 8.39. The highest BCUT2D eigenvalue weighted by molar-refractivity contribution is 6.30. The molecule has 5 rings (SSSR count). The van der Waals surface area contributed by atoms with Gasteiger partial charge in [0, 0.05) is 29.2 Å². The minimum Gasteiger partial charge on any atom is -0.504 e. The number of rotatable bonds is 9. The fourth-order valence-corrected chi connectivity index (χ4v) is 4.88. The molecule has 1 atom stereocenters. The van der Waals surface area contributed by atoms with Crippen molar-refractivity contribution in [3.63, 3.8) is 0 Å². The monoisotopic (exact) mass is 588 g/mol. The van der Waals surface area contributed by atoms with Crippen LogP contribution in [-0.2, 0) is 16.0 Å². The van der Waals surface area contributed by atoms with Gasteiger partial charge in [0.2, 0.25) is 11.8 Å². The summed E-state index contributed by atoms with van der Waals surface area (Å²) >= 11 is 6.16. The van der Waals surface area contributed by atoms with E-state index < -0.39 is 6.04 Å². The van der Waals surface area contributed by atoms with Crippen LogP contribution in [0.1, 0.15) is 40.8 Å². The van der Waals surface area contributed by atoms with Crippen molar-refractivity contribution in [3.8, 4) is 22.9 Å². The summed E-state index contributed by atoms with van der Waals surface area (Å²) in [4.78, 5) is 30.4. The third-order valence-electron chi connectivity index (χ3n) is 6.80. The van der Waals surface area contributed by atoms with E-state index in [1.165, 1.54) is 12.1 Å². The maximum atomic E-state index is 13.1. The van der Waals surface area contributed by atoms with Gasteiger partial charge in [-0.15, -0.1) is 10.2 Å². The summed E-state index contributed by atoms with van der Waals surface area (Å²) in [5.41, 5.74) is 3.65. The number of phenols is 2. The highest BCUT2D eigenvalue weighted by Gasteiger charge is 2.30. The van der Waals surface area contributed by atoms with Crippen LogP contribution in [0.2, 0.25) is 5.02 Å². The second-order valence-electron chi connectivity index (χ2n) is 9.73. The summed E-state index contributed by atoms with van der Waals surface area (Å²) in [6, 6.07) is 16.6. The van der Waals surface area contributed by atoms with E-state index in [1.807, 2.05) is 41.8 Å². The van der Waals surface area contributed by atoms with Crippen molar-refractivity contribution in [1.29, 1.82) is 0 Å². The Morgan fingerprint density at radius 2 is 1.69 bits per heavy atom. The van der Waals surface area contributed by atoms with Crippen LogP contribution in [-0.4, -0.2) is 62.7 Å². The van der Waals surface area contributed by atoms with Crippen molar-refractivity contribution >= 4 is 29.1 Å². The summed E-state index contributed by atoms with van der Waals surface area (Å²) in [6.07, 6.45) is 0.0213. The topological polar surface area (TPSA) is 151 Å². The molecule has 1 unspecified atom stereocenters. The van der Waals surface area contributed by atoms with Crippen LogP contribution in [0.15, 0.2) is 65.7 Å². The van der Waals surface area contributed by atoms with Crippen LogP contribution in [0.25, 0.3) is 5.69 Å². The lowest BCUT2D eigenvalue weighted by atomic mass is 10.00. The van der Waals surface area contributed by atoms with E-state index in [4.69, 9.17) is 21.3 Å². The van der Waals surface area contributed by atoms with Gasteiger partial charge < -0.3 is 25.6 Å². The molecule has 1 aliphatic heterocycles. The van der Waals surface area contributed by atoms with Gasteiger partial charge in [0.05, 0.1) is 31.4 Å². The van der Waals surface area contributed by atoms with Crippen LogP contribution in [0.3, 0.4) is 0 Å². The zero-order valence-electron chi connectivity index (χ0n) is 23.0. The number of carbonyl (C=O) groups excluding carboxylic acids is 2. The number of amides is 2. The van der Waals surface area contributed by atoms with E-state index >= 15 is 0 Å². The largest absolute Gasteiger partial charge is 0.504 e. The van der Waals surface area contributed by atoms with Gasteiger partial charge in [0.15, 0.2) is 17.3 Å². The number of phenolic OH excluding ortho intramolecular Hbond substituents is 2. The summed E-state index contributed by atoms with van der Waals surface area (Å²) in [5, 5.41) is 33.9. The first kappa shape index (κ1) is 28.6. The van der Waals surface area contributed by atoms with Crippen LogP contribution in [0.5, 0.6) is 17.2 Å². The number of hydrogen-bond donors (Lipinski definition) is 4. The molecule has 1 aliphatic rings. The van der Waals surface area contributed by atoms with Crippen molar-refractivity contribution in [1.82, 2.24) is 25.4 Å². The second kappa shape index (κ2) is 12.3. The molecule has 1 aromatic heterocycles. The van der Waals surface area contributed by atoms with Crippen LogP contribution in [0, 0.1) is 6.92 Å². The van der Waals surface area contributed by atoms with Gasteiger partial charge in [-0.25, -0.2) is 0 Å². The van der Waals surface area contributed by atoms with Crippen LogP contribution < -0.4 is 15.4 Å². The number of hydrogen-bond acceptors (Lipinski definition) is 8. The minimum atomic E-state index is -0.646. The molecule has 216 valence electrons. The lowest BCUT2D eigenvalue weighted by molar-refractivity contribution is -0.122. The highest BCUT2D eigenvalue weighted by Crippen LogP contribution is 2.34. The van der Waals surface area contributed by atoms with E-state index in [2.05, 4.69) is 20.8 Å². The average Bonchev–Trinajstić information content (AvgIpc) is 3.30. The summed E-state index contributed by atoms with van der Waals surface area (Å²) in [5.74, 6) is 0.740. The molecule has 2 heterocycles. The number of methoxy groups -OCH3 is 1. The molecule has 42 heavy (non-hydrogen) atoms. The standard InChI is InChI=1S/C30H29ClN6O5/c1-17-35-36-30-23(16-28(41)33-12-11-32-27(40)14-18-3-10-25(38)26(39)13-18)34-29(19-4-6-20(31)7-5-19)22-15-21(42-2)8-9-24(22)37(17)30/h3-10,13,15,23,38-39H,11-12,14,16H2,1-2H3,(H,32,40)(H,33,41). The zero-order chi connectivity index (χ0) is 29.8. The first-order valence-electron chi connectivity index (χ1n) is 13.2. The van der Waals surface area contributed by atoms with Crippen molar-refractivity contribution in [2.24, 2.45) is 4.99 Å². The van der Waals surface area contributed by atoms with Gasteiger partial charge in [-0.3, -0.25) is 19.1 Å². The average molecular weight is 589 g/mol. The lowest BCUT2D eigenvalue weighted by Crippen LogP contribution is -2.35. The van der Waals surface area contributed by atoms with Gasteiger partial charge in [-0.05, 0) is 55.0 Å². The van der Waals surface area contributed by atoms with E-state index in [0.717, 1.165) is 16.8 Å². The molecule has 0 fully saturated rings. The van der Waals surface area contributed by atoms with Gasteiger partial charge in [-0.1, -0.05) is 29.8 Å².